The average Bonchev–Trinajstić information content (AvgIpc) is 3.16. The van der Waals surface area contributed by atoms with Crippen LogP contribution in [0.25, 0.3) is 0 Å². The Morgan fingerprint density at radius 3 is 2.71 bits per heavy atom. The predicted octanol–water partition coefficient (Wildman–Crippen LogP) is 4.47. The number of likely N-dealkylation sites (tertiary alicyclic amines) is 1. The van der Waals surface area contributed by atoms with E-state index in [1.165, 1.54) is 16.2 Å². The van der Waals surface area contributed by atoms with E-state index < -0.39 is 6.09 Å². The maximum atomic E-state index is 11.2. The lowest BCUT2D eigenvalue weighted by Gasteiger charge is -2.39. The number of nitrogens with one attached hydrogen (secondary N) is 2. The molecular weight excluding hydrogens is 372 g/mol. The van der Waals surface area contributed by atoms with Crippen molar-refractivity contribution in [3.63, 3.8) is 0 Å². The minimum Gasteiger partial charge on any atom is -0.465 e. The summed E-state index contributed by atoms with van der Waals surface area (Å²) in [5, 5.41) is 22.7. The lowest BCUT2D eigenvalue weighted by atomic mass is 10.0. The monoisotopic (exact) mass is 398 g/mol. The molecular formula is C21H26N4O2S. The summed E-state index contributed by atoms with van der Waals surface area (Å²) in [6, 6.07) is 10.7. The molecule has 0 bridgehead atoms. The zero-order chi connectivity index (χ0) is 19.5. The zero-order valence-corrected chi connectivity index (χ0v) is 16.7. The summed E-state index contributed by atoms with van der Waals surface area (Å²) < 4.78 is 0. The largest absolute Gasteiger partial charge is 0.465 e. The number of hydrogen-bond acceptors (Lipinski definition) is 4. The van der Waals surface area contributed by atoms with Gasteiger partial charge in [0.05, 0.1) is 4.88 Å². The van der Waals surface area contributed by atoms with Gasteiger partial charge >= 0.3 is 6.09 Å². The molecule has 7 heteroatoms. The standard InChI is InChI=1S/C21H26N4O2S/c22-20(19-5-3-13-28-19)23-16-6-7-18-15(14-16)4-1-2-10-25(18)17-8-11-24(12-9-17)21(26)27/h3,5-7,13-14,17H,1-2,4,8-12H2,(H2,22,23)(H,26,27). The second-order valence-electron chi connectivity index (χ2n) is 7.47. The van der Waals surface area contributed by atoms with Crippen molar-refractivity contribution in [2.75, 3.05) is 29.9 Å². The second-order valence-corrected chi connectivity index (χ2v) is 8.42. The van der Waals surface area contributed by atoms with E-state index in [1.54, 1.807) is 11.3 Å². The van der Waals surface area contributed by atoms with E-state index in [2.05, 4.69) is 28.4 Å². The Kier molecular flexibility index (Phi) is 5.52. The van der Waals surface area contributed by atoms with Gasteiger partial charge in [0.15, 0.2) is 0 Å². The van der Waals surface area contributed by atoms with Gasteiger partial charge in [-0.3, -0.25) is 5.41 Å². The van der Waals surface area contributed by atoms with Gasteiger partial charge in [-0.05, 0) is 67.3 Å². The number of rotatable bonds is 3. The Labute approximate surface area is 169 Å². The minimum atomic E-state index is -0.807. The summed E-state index contributed by atoms with van der Waals surface area (Å²) in [5.41, 5.74) is 3.56. The third-order valence-corrected chi connectivity index (χ3v) is 6.58. The van der Waals surface area contributed by atoms with E-state index >= 15 is 0 Å². The fraction of sp³-hybridized carbons (Fsp3) is 0.429. The Hall–Kier alpha value is -2.54. The Bertz CT molecular complexity index is 844. The van der Waals surface area contributed by atoms with Gasteiger partial charge < -0.3 is 20.2 Å². The molecule has 3 N–H and O–H groups in total. The maximum absolute atomic E-state index is 11.2. The number of amides is 1. The van der Waals surface area contributed by atoms with Gasteiger partial charge in [0, 0.05) is 37.1 Å². The maximum Gasteiger partial charge on any atom is 0.407 e. The number of amidine groups is 1. The van der Waals surface area contributed by atoms with Gasteiger partial charge in [-0.2, -0.15) is 0 Å². The fourth-order valence-electron chi connectivity index (χ4n) is 4.24. The molecule has 0 saturated carbocycles. The van der Waals surface area contributed by atoms with E-state index in [-0.39, 0.29) is 0 Å². The van der Waals surface area contributed by atoms with Crippen LogP contribution < -0.4 is 10.2 Å². The highest BCUT2D eigenvalue weighted by atomic mass is 32.1. The lowest BCUT2D eigenvalue weighted by molar-refractivity contribution is 0.131. The minimum absolute atomic E-state index is 0.399. The molecule has 148 valence electrons. The summed E-state index contributed by atoms with van der Waals surface area (Å²) in [7, 11) is 0. The highest BCUT2D eigenvalue weighted by molar-refractivity contribution is 7.12. The SMILES string of the molecule is N=C(Nc1ccc2c(c1)CCCCN2C1CCN(C(=O)O)CC1)c1cccs1. The van der Waals surface area contributed by atoms with Crippen molar-refractivity contribution in [3.8, 4) is 0 Å². The van der Waals surface area contributed by atoms with Crippen molar-refractivity contribution in [1.82, 2.24) is 4.90 Å². The third kappa shape index (κ3) is 3.99. The van der Waals surface area contributed by atoms with Crippen LogP contribution in [0.4, 0.5) is 16.2 Å². The molecule has 3 heterocycles. The molecule has 1 aromatic heterocycles. The molecule has 1 saturated heterocycles. The normalized spacial score (nSPS) is 17.7. The molecule has 4 rings (SSSR count). The molecule has 0 spiro atoms. The smallest absolute Gasteiger partial charge is 0.407 e. The number of nitrogens with zero attached hydrogens (tertiary/aromatic N) is 2. The first-order valence-corrected chi connectivity index (χ1v) is 10.8. The van der Waals surface area contributed by atoms with Crippen molar-refractivity contribution in [3.05, 3.63) is 46.2 Å². The molecule has 0 atom stereocenters. The number of piperidine rings is 1. The first-order valence-electron chi connectivity index (χ1n) is 9.89. The highest BCUT2D eigenvalue weighted by Crippen LogP contribution is 2.33. The summed E-state index contributed by atoms with van der Waals surface area (Å²) in [5.74, 6) is 0.432. The molecule has 1 aromatic carbocycles. The fourth-order valence-corrected chi connectivity index (χ4v) is 4.87. The van der Waals surface area contributed by atoms with Crippen LogP contribution in [-0.4, -0.2) is 47.6 Å². The number of aryl methyl sites for hydroxylation is 1. The van der Waals surface area contributed by atoms with Gasteiger partial charge in [-0.25, -0.2) is 4.79 Å². The van der Waals surface area contributed by atoms with Gasteiger partial charge in [-0.15, -0.1) is 11.3 Å². The third-order valence-electron chi connectivity index (χ3n) is 5.70. The van der Waals surface area contributed by atoms with Crippen molar-refractivity contribution < 1.29 is 9.90 Å². The number of benzene rings is 1. The second kappa shape index (κ2) is 8.22. The molecule has 0 unspecified atom stereocenters. The molecule has 28 heavy (non-hydrogen) atoms. The van der Waals surface area contributed by atoms with Crippen molar-refractivity contribution in [1.29, 1.82) is 5.41 Å². The zero-order valence-electron chi connectivity index (χ0n) is 15.9. The highest BCUT2D eigenvalue weighted by Gasteiger charge is 2.28. The number of fused-ring (bicyclic) bond motifs is 1. The quantitative estimate of drug-likeness (QED) is 0.526. The van der Waals surface area contributed by atoms with Gasteiger partial charge in [-0.1, -0.05) is 6.07 Å². The topological polar surface area (TPSA) is 79.7 Å². The lowest BCUT2D eigenvalue weighted by Crippen LogP contribution is -2.46. The van der Waals surface area contributed by atoms with E-state index in [0.29, 0.717) is 25.0 Å². The van der Waals surface area contributed by atoms with E-state index in [9.17, 15) is 9.90 Å². The number of thiophene rings is 1. The van der Waals surface area contributed by atoms with Crippen LogP contribution in [0.1, 0.15) is 36.1 Å². The predicted molar refractivity (Wildman–Crippen MR) is 114 cm³/mol. The van der Waals surface area contributed by atoms with Crippen LogP contribution in [-0.2, 0) is 6.42 Å². The summed E-state index contributed by atoms with van der Waals surface area (Å²) >= 11 is 1.56. The molecule has 0 radical (unpaired) electrons. The Morgan fingerprint density at radius 1 is 1.18 bits per heavy atom. The first-order chi connectivity index (χ1) is 13.6. The van der Waals surface area contributed by atoms with Crippen molar-refractivity contribution in [2.45, 2.75) is 38.1 Å². The number of anilines is 2. The van der Waals surface area contributed by atoms with Gasteiger partial charge in [0.1, 0.15) is 5.84 Å². The van der Waals surface area contributed by atoms with E-state index in [4.69, 9.17) is 5.41 Å². The van der Waals surface area contributed by atoms with Crippen LogP contribution in [0.15, 0.2) is 35.7 Å². The summed E-state index contributed by atoms with van der Waals surface area (Å²) in [6.45, 7) is 2.26. The molecule has 6 nitrogen and oxygen atoms in total. The van der Waals surface area contributed by atoms with Crippen LogP contribution in [0, 0.1) is 5.41 Å². The molecule has 1 amide bonds. The van der Waals surface area contributed by atoms with Crippen molar-refractivity contribution in [2.24, 2.45) is 0 Å². The molecule has 2 aliphatic rings. The van der Waals surface area contributed by atoms with Crippen LogP contribution >= 0.6 is 11.3 Å². The molecule has 1 fully saturated rings. The van der Waals surface area contributed by atoms with Gasteiger partial charge in [0.25, 0.3) is 0 Å². The summed E-state index contributed by atoms with van der Waals surface area (Å²) in [6.07, 6.45) is 4.31. The van der Waals surface area contributed by atoms with Crippen LogP contribution in [0.3, 0.4) is 0 Å². The van der Waals surface area contributed by atoms with E-state index in [1.807, 2.05) is 17.5 Å². The van der Waals surface area contributed by atoms with Gasteiger partial charge in [0.2, 0.25) is 0 Å². The Balaban J connectivity index is 1.50. The molecule has 2 aromatic rings. The van der Waals surface area contributed by atoms with Crippen LogP contribution in [0.2, 0.25) is 0 Å². The van der Waals surface area contributed by atoms with E-state index in [0.717, 1.165) is 49.2 Å². The number of carboxylic acid groups (broad SMARTS) is 1. The molecule has 0 aliphatic carbocycles. The first kappa shape index (κ1) is 18.8. The number of carbonyl (C=O) groups is 1. The average molecular weight is 399 g/mol. The van der Waals surface area contributed by atoms with Crippen molar-refractivity contribution >= 4 is 34.6 Å². The Morgan fingerprint density at radius 2 is 2.00 bits per heavy atom. The van der Waals surface area contributed by atoms with Crippen LogP contribution in [0.5, 0.6) is 0 Å². The number of hydrogen-bond donors (Lipinski definition) is 3. The summed E-state index contributed by atoms with van der Waals surface area (Å²) in [4.78, 5) is 16.1. The molecule has 2 aliphatic heterocycles.